The van der Waals surface area contributed by atoms with E-state index in [9.17, 15) is 0 Å². The largest absolute Gasteiger partial charge is 0.491 e. The molecule has 2 aromatic carbocycles. The van der Waals surface area contributed by atoms with Gasteiger partial charge in [0, 0.05) is 12.2 Å². The molecule has 0 bridgehead atoms. The summed E-state index contributed by atoms with van der Waals surface area (Å²) in [6.07, 6.45) is 2.25. The van der Waals surface area contributed by atoms with Gasteiger partial charge in [0.05, 0.1) is 6.10 Å². The maximum Gasteiger partial charge on any atom is 0.170 e. The molecule has 0 aliphatic heterocycles. The molecule has 2 N–H and O–H groups in total. The molecule has 0 amide bonds. The van der Waals surface area contributed by atoms with E-state index in [1.807, 2.05) is 26.0 Å². The van der Waals surface area contributed by atoms with E-state index in [-0.39, 0.29) is 6.10 Å². The quantitative estimate of drug-likeness (QED) is 0.540. The van der Waals surface area contributed by atoms with E-state index in [4.69, 9.17) is 17.0 Å². The molecule has 0 fully saturated rings. The number of thiocarbonyl (C=S) groups is 1. The minimum atomic E-state index is 0.209. The van der Waals surface area contributed by atoms with Crippen LogP contribution in [-0.4, -0.2) is 17.8 Å². The summed E-state index contributed by atoms with van der Waals surface area (Å²) in [5.41, 5.74) is 4.83. The zero-order chi connectivity index (χ0) is 18.2. The summed E-state index contributed by atoms with van der Waals surface area (Å²) < 4.78 is 5.66. The Balaban J connectivity index is 1.70. The monoisotopic (exact) mass is 356 g/mol. The molecule has 0 saturated carbocycles. The molecule has 0 saturated heterocycles. The Kier molecular flexibility index (Phi) is 7.26. The lowest BCUT2D eigenvalue weighted by Gasteiger charge is -2.13. The molecule has 0 unspecified atom stereocenters. The molecule has 0 aliphatic carbocycles. The third kappa shape index (κ3) is 6.75. The Labute approximate surface area is 156 Å². The number of benzene rings is 2. The smallest absolute Gasteiger partial charge is 0.170 e. The molecule has 0 heterocycles. The summed E-state index contributed by atoms with van der Waals surface area (Å²) in [5, 5.41) is 7.22. The van der Waals surface area contributed by atoms with E-state index in [2.05, 4.69) is 54.8 Å². The van der Waals surface area contributed by atoms with Crippen molar-refractivity contribution in [2.24, 2.45) is 0 Å². The molecule has 0 aromatic heterocycles. The van der Waals surface area contributed by atoms with E-state index in [0.29, 0.717) is 5.11 Å². The summed E-state index contributed by atoms with van der Waals surface area (Å²) in [6, 6.07) is 14.6. The van der Waals surface area contributed by atoms with Crippen molar-refractivity contribution in [1.82, 2.24) is 5.32 Å². The lowest BCUT2D eigenvalue weighted by Crippen LogP contribution is -2.29. The Hall–Kier alpha value is -2.07. The van der Waals surface area contributed by atoms with Crippen LogP contribution < -0.4 is 15.4 Å². The SMILES string of the molecule is Cc1ccc(NC(=S)NCCCc2ccc(OC(C)C)cc2)c(C)c1. The predicted molar refractivity (Wildman–Crippen MR) is 111 cm³/mol. The zero-order valence-corrected chi connectivity index (χ0v) is 16.4. The number of aryl methyl sites for hydroxylation is 3. The topological polar surface area (TPSA) is 33.3 Å². The van der Waals surface area contributed by atoms with Gasteiger partial charge in [-0.05, 0) is 82.1 Å². The summed E-state index contributed by atoms with van der Waals surface area (Å²) in [5.74, 6) is 0.927. The van der Waals surface area contributed by atoms with Crippen molar-refractivity contribution in [3.8, 4) is 5.75 Å². The van der Waals surface area contributed by atoms with Gasteiger partial charge in [0.1, 0.15) is 5.75 Å². The van der Waals surface area contributed by atoms with Gasteiger partial charge in [0.15, 0.2) is 5.11 Å². The molecule has 0 radical (unpaired) electrons. The second-order valence-corrected chi connectivity index (χ2v) is 7.02. The van der Waals surface area contributed by atoms with Crippen molar-refractivity contribution in [3.05, 3.63) is 59.2 Å². The first-order valence-corrected chi connectivity index (χ1v) is 9.22. The van der Waals surface area contributed by atoms with Crippen LogP contribution in [0.5, 0.6) is 5.75 Å². The lowest BCUT2D eigenvalue weighted by atomic mass is 10.1. The number of anilines is 1. The number of hydrogen-bond donors (Lipinski definition) is 2. The van der Waals surface area contributed by atoms with Crippen LogP contribution in [0.4, 0.5) is 5.69 Å². The molecule has 0 spiro atoms. The van der Waals surface area contributed by atoms with Crippen LogP contribution in [0.2, 0.25) is 0 Å². The molecular formula is C21H28N2OS. The Morgan fingerprint density at radius 1 is 1.08 bits per heavy atom. The normalized spacial score (nSPS) is 10.6. The van der Waals surface area contributed by atoms with E-state index in [0.717, 1.165) is 30.8 Å². The van der Waals surface area contributed by atoms with E-state index in [1.165, 1.54) is 16.7 Å². The summed E-state index contributed by atoms with van der Waals surface area (Å²) in [4.78, 5) is 0. The van der Waals surface area contributed by atoms with Crippen LogP contribution in [0.25, 0.3) is 0 Å². The summed E-state index contributed by atoms with van der Waals surface area (Å²) >= 11 is 5.38. The van der Waals surface area contributed by atoms with Crippen LogP contribution in [0, 0.1) is 13.8 Å². The fourth-order valence-electron chi connectivity index (χ4n) is 2.62. The first kappa shape index (κ1) is 19.3. The first-order chi connectivity index (χ1) is 11.9. The third-order valence-electron chi connectivity index (χ3n) is 3.85. The second kappa shape index (κ2) is 9.42. The number of rotatable bonds is 7. The Bertz CT molecular complexity index is 696. The first-order valence-electron chi connectivity index (χ1n) is 8.82. The van der Waals surface area contributed by atoms with Gasteiger partial charge in [-0.15, -0.1) is 0 Å². The van der Waals surface area contributed by atoms with Gasteiger partial charge >= 0.3 is 0 Å². The van der Waals surface area contributed by atoms with E-state index < -0.39 is 0 Å². The maximum absolute atomic E-state index is 5.66. The van der Waals surface area contributed by atoms with Gasteiger partial charge < -0.3 is 15.4 Å². The molecule has 4 heteroatoms. The fraction of sp³-hybridized carbons (Fsp3) is 0.381. The van der Waals surface area contributed by atoms with Crippen LogP contribution >= 0.6 is 12.2 Å². The molecule has 0 aliphatic rings. The Morgan fingerprint density at radius 3 is 2.44 bits per heavy atom. The molecule has 3 nitrogen and oxygen atoms in total. The average Bonchev–Trinajstić information content (AvgIpc) is 2.55. The van der Waals surface area contributed by atoms with Crippen LogP contribution in [0.15, 0.2) is 42.5 Å². The molecule has 2 rings (SSSR count). The highest BCUT2D eigenvalue weighted by molar-refractivity contribution is 7.80. The van der Waals surface area contributed by atoms with E-state index >= 15 is 0 Å². The molecule has 0 atom stereocenters. The second-order valence-electron chi connectivity index (χ2n) is 6.61. The predicted octanol–water partition coefficient (Wildman–Crippen LogP) is 5.01. The van der Waals surface area contributed by atoms with Crippen molar-refractivity contribution in [2.75, 3.05) is 11.9 Å². The Morgan fingerprint density at radius 2 is 1.80 bits per heavy atom. The van der Waals surface area contributed by atoms with Crippen molar-refractivity contribution in [2.45, 2.75) is 46.6 Å². The average molecular weight is 357 g/mol. The van der Waals surface area contributed by atoms with Gasteiger partial charge in [-0.25, -0.2) is 0 Å². The van der Waals surface area contributed by atoms with E-state index in [1.54, 1.807) is 0 Å². The van der Waals surface area contributed by atoms with Crippen LogP contribution in [0.1, 0.15) is 37.0 Å². The molecule has 134 valence electrons. The van der Waals surface area contributed by atoms with Gasteiger partial charge in [-0.2, -0.15) is 0 Å². The number of hydrogen-bond acceptors (Lipinski definition) is 2. The standard InChI is InChI=1S/C21H28N2OS/c1-15(2)24-19-10-8-18(9-11-19)6-5-13-22-21(25)23-20-12-7-16(3)14-17(20)4/h7-12,14-15H,5-6,13H2,1-4H3,(H2,22,23,25). The molecular weight excluding hydrogens is 328 g/mol. The highest BCUT2D eigenvalue weighted by Crippen LogP contribution is 2.16. The minimum Gasteiger partial charge on any atom is -0.491 e. The third-order valence-corrected chi connectivity index (χ3v) is 4.10. The summed E-state index contributed by atoms with van der Waals surface area (Å²) in [6.45, 7) is 9.10. The van der Waals surface area contributed by atoms with Crippen LogP contribution in [-0.2, 0) is 6.42 Å². The van der Waals surface area contributed by atoms with Crippen molar-refractivity contribution in [3.63, 3.8) is 0 Å². The van der Waals surface area contributed by atoms with Gasteiger partial charge in [-0.1, -0.05) is 29.8 Å². The highest BCUT2D eigenvalue weighted by Gasteiger charge is 2.02. The maximum atomic E-state index is 5.66. The van der Waals surface area contributed by atoms with Gasteiger partial charge in [-0.3, -0.25) is 0 Å². The van der Waals surface area contributed by atoms with Gasteiger partial charge in [0.2, 0.25) is 0 Å². The van der Waals surface area contributed by atoms with Crippen LogP contribution in [0.3, 0.4) is 0 Å². The molecule has 25 heavy (non-hydrogen) atoms. The zero-order valence-electron chi connectivity index (χ0n) is 15.6. The van der Waals surface area contributed by atoms with Crippen molar-refractivity contribution in [1.29, 1.82) is 0 Å². The van der Waals surface area contributed by atoms with Crippen molar-refractivity contribution < 1.29 is 4.74 Å². The minimum absolute atomic E-state index is 0.209. The van der Waals surface area contributed by atoms with Gasteiger partial charge in [0.25, 0.3) is 0 Å². The number of ether oxygens (including phenoxy) is 1. The number of nitrogens with one attached hydrogen (secondary N) is 2. The van der Waals surface area contributed by atoms with Crippen molar-refractivity contribution >= 4 is 23.0 Å². The highest BCUT2D eigenvalue weighted by atomic mass is 32.1. The fourth-order valence-corrected chi connectivity index (χ4v) is 2.83. The molecule has 2 aromatic rings. The summed E-state index contributed by atoms with van der Waals surface area (Å²) in [7, 11) is 0. The lowest BCUT2D eigenvalue weighted by molar-refractivity contribution is 0.242.